The van der Waals surface area contributed by atoms with Crippen molar-refractivity contribution in [2.45, 2.75) is 58.3 Å². The molecule has 0 atom stereocenters. The Kier molecular flexibility index (Phi) is 18.1. The Morgan fingerprint density at radius 2 is 1.50 bits per heavy atom. The van der Waals surface area contributed by atoms with Crippen LogP contribution in [0.4, 0.5) is 0 Å². The Hall–Kier alpha value is 0.430. The van der Waals surface area contributed by atoms with E-state index in [2.05, 4.69) is 6.92 Å². The van der Waals surface area contributed by atoms with Gasteiger partial charge in [0.25, 0.3) is 0 Å². The number of hydrogen-bond acceptors (Lipinski definition) is 2. The van der Waals surface area contributed by atoms with E-state index in [0.717, 1.165) is 12.8 Å². The standard InChI is InChI=1S/C12H24O3.Na.H/c1-2-3-4-5-6-7-8-9-10-15-11-12(13)14;;/h2-11H2,1H3,(H,13,14);;. The number of hydrogen-bond donors (Lipinski definition) is 1. The zero-order valence-electron chi connectivity index (χ0n) is 9.83. The van der Waals surface area contributed by atoms with Crippen molar-refractivity contribution in [2.75, 3.05) is 13.2 Å². The summed E-state index contributed by atoms with van der Waals surface area (Å²) >= 11 is 0. The molecule has 0 aromatic rings. The zero-order chi connectivity index (χ0) is 11.4. The second-order valence-electron chi connectivity index (χ2n) is 3.92. The monoisotopic (exact) mass is 240 g/mol. The summed E-state index contributed by atoms with van der Waals surface area (Å²) < 4.78 is 4.94. The average molecular weight is 240 g/mol. The van der Waals surface area contributed by atoms with E-state index in [0.29, 0.717) is 6.61 Å². The van der Waals surface area contributed by atoms with Crippen LogP contribution in [-0.2, 0) is 9.53 Å². The molecule has 0 aromatic heterocycles. The van der Waals surface area contributed by atoms with Gasteiger partial charge in [-0.15, -0.1) is 0 Å². The summed E-state index contributed by atoms with van der Waals surface area (Å²) in [7, 11) is 0. The van der Waals surface area contributed by atoms with Gasteiger partial charge >= 0.3 is 35.5 Å². The summed E-state index contributed by atoms with van der Waals surface area (Å²) in [6.07, 6.45) is 10.0. The van der Waals surface area contributed by atoms with Gasteiger partial charge in [0.05, 0.1) is 0 Å². The molecule has 0 heterocycles. The van der Waals surface area contributed by atoms with Gasteiger partial charge in [-0.25, -0.2) is 4.79 Å². The molecule has 92 valence electrons. The third-order valence-corrected chi connectivity index (χ3v) is 2.37. The molecule has 0 saturated heterocycles. The van der Waals surface area contributed by atoms with Crippen molar-refractivity contribution in [2.24, 2.45) is 0 Å². The predicted octanol–water partition coefficient (Wildman–Crippen LogP) is 2.58. The van der Waals surface area contributed by atoms with E-state index in [1.807, 2.05) is 0 Å². The van der Waals surface area contributed by atoms with Crippen LogP contribution in [-0.4, -0.2) is 53.8 Å². The fourth-order valence-corrected chi connectivity index (χ4v) is 1.50. The van der Waals surface area contributed by atoms with Crippen LogP contribution in [0, 0.1) is 0 Å². The Morgan fingerprint density at radius 1 is 1.00 bits per heavy atom. The summed E-state index contributed by atoms with van der Waals surface area (Å²) in [5, 5.41) is 8.31. The van der Waals surface area contributed by atoms with E-state index in [4.69, 9.17) is 9.84 Å². The van der Waals surface area contributed by atoms with Crippen molar-refractivity contribution < 1.29 is 14.6 Å². The molecule has 16 heavy (non-hydrogen) atoms. The molecular formula is C12H25NaO3. The molecule has 0 aromatic carbocycles. The van der Waals surface area contributed by atoms with Crippen LogP contribution >= 0.6 is 0 Å². The van der Waals surface area contributed by atoms with Crippen LogP contribution < -0.4 is 0 Å². The van der Waals surface area contributed by atoms with Crippen LogP contribution in [0.3, 0.4) is 0 Å². The molecule has 3 nitrogen and oxygen atoms in total. The normalized spacial score (nSPS) is 9.81. The Labute approximate surface area is 121 Å². The first-order chi connectivity index (χ1) is 7.27. The fraction of sp³-hybridized carbons (Fsp3) is 0.917. The van der Waals surface area contributed by atoms with Crippen molar-refractivity contribution in [3.05, 3.63) is 0 Å². The molecular weight excluding hydrogens is 215 g/mol. The Morgan fingerprint density at radius 3 is 2.00 bits per heavy atom. The van der Waals surface area contributed by atoms with Crippen LogP contribution in [0.25, 0.3) is 0 Å². The SMILES string of the molecule is CCCCCCCCCCOCC(=O)O.[NaH]. The molecule has 0 radical (unpaired) electrons. The molecule has 0 spiro atoms. The number of carbonyl (C=O) groups is 1. The first-order valence-electron chi connectivity index (χ1n) is 6.07. The van der Waals surface area contributed by atoms with Gasteiger partial charge < -0.3 is 9.84 Å². The van der Waals surface area contributed by atoms with Gasteiger partial charge in [-0.1, -0.05) is 51.9 Å². The second-order valence-corrected chi connectivity index (χ2v) is 3.92. The molecule has 0 fully saturated rings. The summed E-state index contributed by atoms with van der Waals surface area (Å²) in [5.74, 6) is -0.880. The van der Waals surface area contributed by atoms with E-state index in [-0.39, 0.29) is 36.2 Å². The summed E-state index contributed by atoms with van der Waals surface area (Å²) in [6, 6.07) is 0. The van der Waals surface area contributed by atoms with Crippen molar-refractivity contribution in [1.82, 2.24) is 0 Å². The van der Waals surface area contributed by atoms with Gasteiger partial charge in [-0.05, 0) is 6.42 Å². The van der Waals surface area contributed by atoms with Crippen molar-refractivity contribution in [3.8, 4) is 0 Å². The molecule has 0 amide bonds. The van der Waals surface area contributed by atoms with Crippen LogP contribution in [0.15, 0.2) is 0 Å². The van der Waals surface area contributed by atoms with Gasteiger partial charge in [-0.3, -0.25) is 0 Å². The number of aliphatic carboxylic acids is 1. The van der Waals surface area contributed by atoms with E-state index >= 15 is 0 Å². The van der Waals surface area contributed by atoms with Crippen LogP contribution in [0.1, 0.15) is 58.3 Å². The maximum absolute atomic E-state index is 10.1. The third kappa shape index (κ3) is 16.8. The molecule has 4 heteroatoms. The second kappa shape index (κ2) is 15.4. The molecule has 1 N–H and O–H groups in total. The number of unbranched alkanes of at least 4 members (excludes halogenated alkanes) is 7. The van der Waals surface area contributed by atoms with Crippen molar-refractivity contribution >= 4 is 35.5 Å². The van der Waals surface area contributed by atoms with E-state index in [1.54, 1.807) is 0 Å². The molecule has 0 rings (SSSR count). The number of carboxylic acids is 1. The van der Waals surface area contributed by atoms with Crippen molar-refractivity contribution in [1.29, 1.82) is 0 Å². The molecule has 0 aliphatic rings. The minimum atomic E-state index is -0.880. The van der Waals surface area contributed by atoms with Gasteiger partial charge in [0.2, 0.25) is 0 Å². The first kappa shape index (κ1) is 18.8. The van der Waals surface area contributed by atoms with E-state index in [1.165, 1.54) is 38.5 Å². The quantitative estimate of drug-likeness (QED) is 0.446. The molecule has 0 saturated carbocycles. The zero-order valence-corrected chi connectivity index (χ0v) is 9.83. The molecule has 0 unspecified atom stereocenters. The minimum absolute atomic E-state index is 0. The van der Waals surface area contributed by atoms with Gasteiger partial charge in [-0.2, -0.15) is 0 Å². The van der Waals surface area contributed by atoms with Crippen LogP contribution in [0.2, 0.25) is 0 Å². The van der Waals surface area contributed by atoms with Gasteiger partial charge in [0, 0.05) is 6.61 Å². The predicted molar refractivity (Wildman–Crippen MR) is 68.2 cm³/mol. The van der Waals surface area contributed by atoms with Crippen LogP contribution in [0.5, 0.6) is 0 Å². The summed E-state index contributed by atoms with van der Waals surface area (Å²) in [4.78, 5) is 10.1. The number of rotatable bonds is 11. The summed E-state index contributed by atoms with van der Waals surface area (Å²) in [6.45, 7) is 2.65. The number of carboxylic acid groups (broad SMARTS) is 1. The Bertz CT molecular complexity index is 151. The first-order valence-corrected chi connectivity index (χ1v) is 6.07. The van der Waals surface area contributed by atoms with E-state index in [9.17, 15) is 4.79 Å². The van der Waals surface area contributed by atoms with E-state index < -0.39 is 5.97 Å². The maximum atomic E-state index is 10.1. The average Bonchev–Trinajstić information content (AvgIpc) is 2.20. The molecule has 0 bridgehead atoms. The fourth-order valence-electron chi connectivity index (χ4n) is 1.50. The molecule has 0 aliphatic heterocycles. The van der Waals surface area contributed by atoms with Crippen molar-refractivity contribution in [3.63, 3.8) is 0 Å². The summed E-state index contributed by atoms with van der Waals surface area (Å²) in [5.41, 5.74) is 0. The number of ether oxygens (including phenoxy) is 1. The van der Waals surface area contributed by atoms with Gasteiger partial charge in [0.15, 0.2) is 0 Å². The topological polar surface area (TPSA) is 46.5 Å². The Balaban J connectivity index is 0. The van der Waals surface area contributed by atoms with Gasteiger partial charge in [0.1, 0.15) is 6.61 Å². The molecule has 0 aliphatic carbocycles. The third-order valence-electron chi connectivity index (χ3n) is 2.37.